The average Bonchev–Trinajstić information content (AvgIpc) is 2.98. The van der Waals surface area contributed by atoms with Crippen LogP contribution in [0, 0.1) is 0 Å². The molecule has 0 saturated carbocycles. The van der Waals surface area contributed by atoms with Crippen molar-refractivity contribution < 1.29 is 39.8 Å². The van der Waals surface area contributed by atoms with Gasteiger partial charge in [0.2, 0.25) is 5.91 Å². The minimum Gasteiger partial charge on any atom is -0.394 e. The smallest absolute Gasteiger partial charge is 0.220 e. The fourth-order valence-corrected chi connectivity index (χ4v) is 5.27. The van der Waals surface area contributed by atoms with Gasteiger partial charge < -0.3 is 40.3 Å². The summed E-state index contributed by atoms with van der Waals surface area (Å²) in [6.45, 7) is 3.71. The molecule has 0 radical (unpaired) electrons. The Morgan fingerprint density at radius 2 is 1.33 bits per heavy atom. The number of nitrogens with one attached hydrogen (secondary N) is 1. The molecule has 1 amide bonds. The predicted octanol–water partition coefficient (Wildman–Crippen LogP) is 4.66. The molecule has 1 heterocycles. The Morgan fingerprint density at radius 1 is 0.786 bits per heavy atom. The van der Waals surface area contributed by atoms with Crippen molar-refractivity contribution in [3.05, 3.63) is 12.2 Å². The van der Waals surface area contributed by atoms with Crippen LogP contribution in [0.3, 0.4) is 0 Å². The lowest BCUT2D eigenvalue weighted by molar-refractivity contribution is -0.302. The summed E-state index contributed by atoms with van der Waals surface area (Å²) in [5.74, 6) is -0.161. The maximum absolute atomic E-state index is 12.8. The van der Waals surface area contributed by atoms with Crippen LogP contribution in [0.4, 0.5) is 0 Å². The molecule has 1 rings (SSSR count). The van der Waals surface area contributed by atoms with Crippen molar-refractivity contribution in [1.29, 1.82) is 0 Å². The number of ether oxygens (including phenoxy) is 2. The largest absolute Gasteiger partial charge is 0.394 e. The van der Waals surface area contributed by atoms with Gasteiger partial charge in [-0.25, -0.2) is 0 Å². The van der Waals surface area contributed by atoms with E-state index in [4.69, 9.17) is 9.47 Å². The van der Waals surface area contributed by atoms with Crippen LogP contribution in [0.5, 0.6) is 0 Å². The summed E-state index contributed by atoms with van der Waals surface area (Å²) in [5.41, 5.74) is 0. The Hall–Kier alpha value is -1.07. The Labute approximate surface area is 255 Å². The summed E-state index contributed by atoms with van der Waals surface area (Å²) in [7, 11) is 0. The number of hydrogen-bond acceptors (Lipinski definition) is 8. The molecule has 0 aromatic carbocycles. The van der Waals surface area contributed by atoms with Gasteiger partial charge in [-0.2, -0.15) is 0 Å². The number of aliphatic hydroxyl groups excluding tert-OH is 5. The molecule has 0 spiro atoms. The molecule has 1 saturated heterocycles. The summed E-state index contributed by atoms with van der Waals surface area (Å²) in [5, 5.41) is 53.7. The van der Waals surface area contributed by atoms with Crippen LogP contribution in [-0.2, 0) is 14.3 Å². The summed E-state index contributed by atoms with van der Waals surface area (Å²) in [4.78, 5) is 12.8. The van der Waals surface area contributed by atoms with Gasteiger partial charge in [0.1, 0.15) is 24.4 Å². The Bertz CT molecular complexity index is 676. The van der Waals surface area contributed by atoms with E-state index < -0.39 is 49.5 Å². The molecule has 42 heavy (non-hydrogen) atoms. The summed E-state index contributed by atoms with van der Waals surface area (Å²) < 4.78 is 11.1. The molecule has 7 atom stereocenters. The Morgan fingerprint density at radius 3 is 1.93 bits per heavy atom. The van der Waals surface area contributed by atoms with Gasteiger partial charge in [0.05, 0.1) is 25.4 Å². The first kappa shape index (κ1) is 39.0. The molecule has 1 fully saturated rings. The van der Waals surface area contributed by atoms with E-state index in [1.807, 2.05) is 0 Å². The molecular formula is C33H63NO8. The first-order valence-corrected chi connectivity index (χ1v) is 16.9. The SMILES string of the molecule is CCCCC/C=C/CCCC[C@@H](O)[C@H](CO[C@@H]1O[C@H](CO)[C@@H](O)C(O)C1O)NC(=O)CCCCCCCCCCCC. The van der Waals surface area contributed by atoms with Gasteiger partial charge in [-0.1, -0.05) is 103 Å². The zero-order chi connectivity index (χ0) is 31.0. The standard InChI is InChI=1S/C33H63NO8/c1-3-5-7-9-11-13-15-17-19-21-23-29(37)34-26(27(36)22-20-18-16-14-12-10-8-6-4-2)25-41-33-32(40)31(39)30(38)28(24-35)42-33/h12,14,26-28,30-33,35-36,38-40H,3-11,13,15-25H2,1-2H3,(H,34,37)/b14-12+/t26-,27+,28+,30+,31?,32?,33+/m0/s1. The third-order valence-corrected chi connectivity index (χ3v) is 8.12. The van der Waals surface area contributed by atoms with Gasteiger partial charge in [0.25, 0.3) is 0 Å². The van der Waals surface area contributed by atoms with Gasteiger partial charge >= 0.3 is 0 Å². The molecule has 0 aromatic rings. The van der Waals surface area contributed by atoms with Gasteiger partial charge in [0.15, 0.2) is 6.29 Å². The van der Waals surface area contributed by atoms with Crippen LogP contribution in [0.25, 0.3) is 0 Å². The molecule has 1 aliphatic heterocycles. The summed E-state index contributed by atoms with van der Waals surface area (Å²) in [6.07, 6.45) is 16.6. The molecule has 0 aliphatic carbocycles. The van der Waals surface area contributed by atoms with Crippen molar-refractivity contribution in [2.45, 2.75) is 179 Å². The van der Waals surface area contributed by atoms with Crippen molar-refractivity contribution in [2.24, 2.45) is 0 Å². The Kier molecular flexibility index (Phi) is 23.4. The number of amides is 1. The number of allylic oxidation sites excluding steroid dienone is 2. The first-order chi connectivity index (χ1) is 20.3. The van der Waals surface area contributed by atoms with Crippen LogP contribution in [0.15, 0.2) is 12.2 Å². The second kappa shape index (κ2) is 25.3. The lowest BCUT2D eigenvalue weighted by Crippen LogP contribution is -2.60. The number of rotatable bonds is 26. The van der Waals surface area contributed by atoms with E-state index in [2.05, 4.69) is 31.3 Å². The molecule has 6 N–H and O–H groups in total. The zero-order valence-electron chi connectivity index (χ0n) is 26.5. The Balaban J connectivity index is 2.51. The fourth-order valence-electron chi connectivity index (χ4n) is 5.27. The predicted molar refractivity (Wildman–Crippen MR) is 166 cm³/mol. The van der Waals surface area contributed by atoms with Crippen molar-refractivity contribution in [3.63, 3.8) is 0 Å². The van der Waals surface area contributed by atoms with Crippen LogP contribution < -0.4 is 5.32 Å². The van der Waals surface area contributed by atoms with Crippen molar-refractivity contribution in [3.8, 4) is 0 Å². The summed E-state index contributed by atoms with van der Waals surface area (Å²) >= 11 is 0. The van der Waals surface area contributed by atoms with Crippen LogP contribution in [0.2, 0.25) is 0 Å². The third kappa shape index (κ3) is 17.3. The molecule has 2 unspecified atom stereocenters. The number of aliphatic hydroxyl groups is 5. The van der Waals surface area contributed by atoms with Crippen molar-refractivity contribution in [2.75, 3.05) is 13.2 Å². The molecule has 9 nitrogen and oxygen atoms in total. The minimum absolute atomic E-state index is 0.148. The number of unbranched alkanes of at least 4 members (excludes halogenated alkanes) is 14. The normalized spacial score (nSPS) is 24.2. The van der Waals surface area contributed by atoms with E-state index in [9.17, 15) is 30.3 Å². The highest BCUT2D eigenvalue weighted by Crippen LogP contribution is 2.22. The lowest BCUT2D eigenvalue weighted by atomic mass is 9.99. The lowest BCUT2D eigenvalue weighted by Gasteiger charge is -2.40. The molecule has 0 bridgehead atoms. The number of carbonyl (C=O) groups excluding carboxylic acids is 1. The second-order valence-corrected chi connectivity index (χ2v) is 12.0. The van der Waals surface area contributed by atoms with Gasteiger partial charge in [-0.3, -0.25) is 4.79 Å². The number of hydrogen-bond donors (Lipinski definition) is 6. The topological polar surface area (TPSA) is 149 Å². The highest BCUT2D eigenvalue weighted by Gasteiger charge is 2.44. The van der Waals surface area contributed by atoms with Gasteiger partial charge in [-0.05, 0) is 38.5 Å². The quantitative estimate of drug-likeness (QED) is 0.0620. The van der Waals surface area contributed by atoms with E-state index in [0.29, 0.717) is 12.8 Å². The first-order valence-electron chi connectivity index (χ1n) is 16.9. The van der Waals surface area contributed by atoms with Crippen molar-refractivity contribution in [1.82, 2.24) is 5.32 Å². The maximum Gasteiger partial charge on any atom is 0.220 e. The molecule has 1 aliphatic rings. The second-order valence-electron chi connectivity index (χ2n) is 12.0. The monoisotopic (exact) mass is 601 g/mol. The average molecular weight is 602 g/mol. The van der Waals surface area contributed by atoms with Gasteiger partial charge in [0, 0.05) is 6.42 Å². The van der Waals surface area contributed by atoms with Crippen LogP contribution >= 0.6 is 0 Å². The molecule has 0 aromatic heterocycles. The molecular weight excluding hydrogens is 538 g/mol. The van der Waals surface area contributed by atoms with Crippen LogP contribution in [0.1, 0.15) is 136 Å². The summed E-state index contributed by atoms with van der Waals surface area (Å²) in [6, 6.07) is -0.724. The van der Waals surface area contributed by atoms with E-state index in [-0.39, 0.29) is 12.5 Å². The van der Waals surface area contributed by atoms with E-state index in [1.165, 1.54) is 64.2 Å². The minimum atomic E-state index is -1.55. The zero-order valence-corrected chi connectivity index (χ0v) is 26.5. The third-order valence-electron chi connectivity index (χ3n) is 8.12. The maximum atomic E-state index is 12.8. The van der Waals surface area contributed by atoms with E-state index >= 15 is 0 Å². The molecule has 248 valence electrons. The van der Waals surface area contributed by atoms with Crippen LogP contribution in [-0.4, -0.2) is 87.5 Å². The fraction of sp³-hybridized carbons (Fsp3) is 0.909. The highest BCUT2D eigenvalue weighted by atomic mass is 16.7. The van der Waals surface area contributed by atoms with E-state index in [1.54, 1.807) is 0 Å². The van der Waals surface area contributed by atoms with Gasteiger partial charge in [-0.15, -0.1) is 0 Å². The van der Waals surface area contributed by atoms with E-state index in [0.717, 1.165) is 44.9 Å². The number of carbonyl (C=O) groups is 1. The molecule has 9 heteroatoms. The van der Waals surface area contributed by atoms with Crippen molar-refractivity contribution >= 4 is 5.91 Å². The highest BCUT2D eigenvalue weighted by molar-refractivity contribution is 5.76.